The molecule has 2 saturated carbocycles. The summed E-state index contributed by atoms with van der Waals surface area (Å²) < 4.78 is 45.3. The smallest absolute Gasteiger partial charge is 0.369 e. The van der Waals surface area contributed by atoms with Gasteiger partial charge in [0.25, 0.3) is 0 Å². The van der Waals surface area contributed by atoms with Gasteiger partial charge in [0, 0.05) is 6.61 Å². The molecule has 2 fully saturated rings. The molecule has 2 aliphatic carbocycles. The first-order chi connectivity index (χ1) is 14.5. The minimum atomic E-state index is -4.22. The molecule has 0 aromatic carbocycles. The average molecular weight is 433 g/mol. The summed E-state index contributed by atoms with van der Waals surface area (Å²) in [6.45, 7) is 2.44. The monoisotopic (exact) mass is 432 g/mol. The average Bonchev–Trinajstić information content (AvgIpc) is 2.74. The van der Waals surface area contributed by atoms with Crippen molar-refractivity contribution < 1.29 is 17.9 Å². The fraction of sp³-hybridized carbons (Fsp3) is 1.00. The van der Waals surface area contributed by atoms with Crippen LogP contribution in [0.1, 0.15) is 129 Å². The zero-order chi connectivity index (χ0) is 21.7. The molecule has 0 spiro atoms. The highest BCUT2D eigenvalue weighted by Gasteiger charge is 2.40. The number of rotatable bonds is 14. The predicted octanol–water partition coefficient (Wildman–Crippen LogP) is 9.24. The van der Waals surface area contributed by atoms with Crippen molar-refractivity contribution in [3.63, 3.8) is 0 Å². The molecule has 0 aliphatic heterocycles. The Morgan fingerprint density at radius 3 is 1.97 bits per heavy atom. The maximum Gasteiger partial charge on any atom is 0.414 e. The van der Waals surface area contributed by atoms with E-state index in [1.54, 1.807) is 0 Å². The summed E-state index contributed by atoms with van der Waals surface area (Å²) in [5, 5.41) is 0. The largest absolute Gasteiger partial charge is 0.414 e. The first kappa shape index (κ1) is 26.0. The van der Waals surface area contributed by atoms with E-state index in [1.807, 2.05) is 0 Å². The lowest BCUT2D eigenvalue weighted by Crippen LogP contribution is -2.32. The molecule has 2 aliphatic rings. The quantitative estimate of drug-likeness (QED) is 0.248. The van der Waals surface area contributed by atoms with Gasteiger partial charge in [0.15, 0.2) is 6.10 Å². The Kier molecular flexibility index (Phi) is 12.8. The lowest BCUT2D eigenvalue weighted by atomic mass is 9.70. The lowest BCUT2D eigenvalue weighted by molar-refractivity contribution is -0.222. The highest BCUT2D eigenvalue weighted by Crippen LogP contribution is 2.41. The molecule has 178 valence electrons. The SMILES string of the molecule is CCCCCCCCCOC(CCCC1CCC(C2CCCCC2)CC1)C(F)(F)F. The molecule has 0 aromatic rings. The third-order valence-corrected chi connectivity index (χ3v) is 7.72. The van der Waals surface area contributed by atoms with E-state index in [4.69, 9.17) is 4.74 Å². The summed E-state index contributed by atoms with van der Waals surface area (Å²) in [7, 11) is 0. The Hall–Kier alpha value is -0.250. The second-order valence-corrected chi connectivity index (χ2v) is 10.1. The van der Waals surface area contributed by atoms with E-state index in [0.29, 0.717) is 12.3 Å². The van der Waals surface area contributed by atoms with Gasteiger partial charge in [0.2, 0.25) is 0 Å². The predicted molar refractivity (Wildman–Crippen MR) is 120 cm³/mol. The fourth-order valence-corrected chi connectivity index (χ4v) is 5.77. The Bertz CT molecular complexity index is 409. The van der Waals surface area contributed by atoms with Gasteiger partial charge < -0.3 is 4.74 Å². The van der Waals surface area contributed by atoms with Crippen LogP contribution in [-0.4, -0.2) is 18.9 Å². The first-order valence-electron chi connectivity index (χ1n) is 13.2. The van der Waals surface area contributed by atoms with E-state index >= 15 is 0 Å². The van der Waals surface area contributed by atoms with Crippen LogP contribution in [0.5, 0.6) is 0 Å². The van der Waals surface area contributed by atoms with Crippen molar-refractivity contribution in [1.29, 1.82) is 0 Å². The van der Waals surface area contributed by atoms with Crippen LogP contribution in [0.15, 0.2) is 0 Å². The topological polar surface area (TPSA) is 9.23 Å². The highest BCUT2D eigenvalue weighted by molar-refractivity contribution is 4.80. The van der Waals surface area contributed by atoms with Gasteiger partial charge in [-0.2, -0.15) is 13.2 Å². The van der Waals surface area contributed by atoms with Crippen LogP contribution < -0.4 is 0 Å². The Balaban J connectivity index is 1.56. The van der Waals surface area contributed by atoms with Crippen molar-refractivity contribution in [3.8, 4) is 0 Å². The third kappa shape index (κ3) is 10.4. The number of hydrogen-bond acceptors (Lipinski definition) is 1. The minimum Gasteiger partial charge on any atom is -0.369 e. The van der Waals surface area contributed by atoms with Gasteiger partial charge in [0.1, 0.15) is 0 Å². The fourth-order valence-electron chi connectivity index (χ4n) is 5.77. The Labute approximate surface area is 183 Å². The molecule has 0 heterocycles. The van der Waals surface area contributed by atoms with Crippen molar-refractivity contribution in [3.05, 3.63) is 0 Å². The molecule has 0 bridgehead atoms. The summed E-state index contributed by atoms with van der Waals surface area (Å²) >= 11 is 0. The standard InChI is InChI=1S/C26H47F3O/c1-2-3-4-5-6-7-11-21-30-25(26(27,28)29)16-12-13-22-17-19-24(20-18-22)23-14-9-8-10-15-23/h22-25H,2-21H2,1H3. The van der Waals surface area contributed by atoms with Gasteiger partial charge in [-0.3, -0.25) is 0 Å². The van der Waals surface area contributed by atoms with Gasteiger partial charge in [-0.1, -0.05) is 103 Å². The molecule has 0 saturated heterocycles. The van der Waals surface area contributed by atoms with Gasteiger partial charge >= 0.3 is 6.18 Å². The van der Waals surface area contributed by atoms with E-state index in [-0.39, 0.29) is 13.0 Å². The maximum atomic E-state index is 13.3. The normalized spacial score (nSPS) is 24.8. The molecule has 0 aromatic heterocycles. The Morgan fingerprint density at radius 2 is 1.33 bits per heavy atom. The van der Waals surface area contributed by atoms with Crippen molar-refractivity contribution in [2.24, 2.45) is 17.8 Å². The molecule has 0 N–H and O–H groups in total. The molecule has 30 heavy (non-hydrogen) atoms. The lowest BCUT2D eigenvalue weighted by Gasteiger charge is -2.36. The second kappa shape index (κ2) is 14.7. The molecule has 1 atom stereocenters. The van der Waals surface area contributed by atoms with Gasteiger partial charge in [-0.15, -0.1) is 0 Å². The van der Waals surface area contributed by atoms with Crippen molar-refractivity contribution in [2.45, 2.75) is 141 Å². The van der Waals surface area contributed by atoms with E-state index in [9.17, 15) is 13.2 Å². The van der Waals surface area contributed by atoms with Crippen LogP contribution in [0.25, 0.3) is 0 Å². The second-order valence-electron chi connectivity index (χ2n) is 10.1. The summed E-state index contributed by atoms with van der Waals surface area (Å²) in [6, 6.07) is 0. The summed E-state index contributed by atoms with van der Waals surface area (Å²) in [5.74, 6) is 2.48. The number of ether oxygens (including phenoxy) is 1. The molecular weight excluding hydrogens is 385 g/mol. The zero-order valence-corrected chi connectivity index (χ0v) is 19.5. The minimum absolute atomic E-state index is 0.141. The number of hydrogen-bond donors (Lipinski definition) is 0. The molecule has 0 amide bonds. The first-order valence-corrected chi connectivity index (χ1v) is 13.2. The van der Waals surface area contributed by atoms with Gasteiger partial charge in [-0.25, -0.2) is 0 Å². The van der Waals surface area contributed by atoms with Gasteiger partial charge in [-0.05, 0) is 43.4 Å². The highest BCUT2D eigenvalue weighted by atomic mass is 19.4. The molecule has 1 nitrogen and oxygen atoms in total. The number of unbranched alkanes of at least 4 members (excludes halogenated alkanes) is 6. The van der Waals surface area contributed by atoms with Crippen LogP contribution >= 0.6 is 0 Å². The van der Waals surface area contributed by atoms with Gasteiger partial charge in [0.05, 0.1) is 0 Å². The summed E-state index contributed by atoms with van der Waals surface area (Å²) in [6.07, 6.45) is 15.9. The van der Waals surface area contributed by atoms with E-state index in [1.165, 1.54) is 83.5 Å². The third-order valence-electron chi connectivity index (χ3n) is 7.72. The summed E-state index contributed by atoms with van der Waals surface area (Å²) in [4.78, 5) is 0. The number of halogens is 3. The number of alkyl halides is 3. The van der Waals surface area contributed by atoms with Crippen molar-refractivity contribution >= 4 is 0 Å². The van der Waals surface area contributed by atoms with Crippen LogP contribution in [0.2, 0.25) is 0 Å². The van der Waals surface area contributed by atoms with Crippen LogP contribution in [-0.2, 0) is 4.74 Å². The molecule has 0 radical (unpaired) electrons. The molecule has 1 unspecified atom stereocenters. The van der Waals surface area contributed by atoms with E-state index in [2.05, 4.69) is 6.92 Å². The van der Waals surface area contributed by atoms with Crippen LogP contribution in [0.3, 0.4) is 0 Å². The molecule has 4 heteroatoms. The molecule has 2 rings (SSSR count). The maximum absolute atomic E-state index is 13.3. The van der Waals surface area contributed by atoms with Crippen molar-refractivity contribution in [1.82, 2.24) is 0 Å². The van der Waals surface area contributed by atoms with Crippen LogP contribution in [0.4, 0.5) is 13.2 Å². The summed E-state index contributed by atoms with van der Waals surface area (Å²) in [5.41, 5.74) is 0. The van der Waals surface area contributed by atoms with Crippen molar-refractivity contribution in [2.75, 3.05) is 6.61 Å². The van der Waals surface area contributed by atoms with E-state index < -0.39 is 12.3 Å². The van der Waals surface area contributed by atoms with Crippen LogP contribution in [0, 0.1) is 17.8 Å². The molecular formula is C26H47F3O. The van der Waals surface area contributed by atoms with E-state index in [0.717, 1.165) is 37.5 Å². The zero-order valence-electron chi connectivity index (χ0n) is 19.5. The Morgan fingerprint density at radius 1 is 0.733 bits per heavy atom.